The van der Waals surface area contributed by atoms with E-state index >= 15 is 0 Å². The fourth-order valence-electron chi connectivity index (χ4n) is 2.93. The van der Waals surface area contributed by atoms with Crippen LogP contribution >= 0.6 is 0 Å². The Morgan fingerprint density at radius 3 is 2.59 bits per heavy atom. The molecule has 4 rings (SSSR count). The Labute approximate surface area is 167 Å². The van der Waals surface area contributed by atoms with E-state index in [0.29, 0.717) is 22.7 Å². The van der Waals surface area contributed by atoms with Crippen LogP contribution in [-0.4, -0.2) is 24.9 Å². The van der Waals surface area contributed by atoms with Crippen LogP contribution in [0.2, 0.25) is 0 Å². The molecule has 2 aromatic heterocycles. The van der Waals surface area contributed by atoms with Crippen molar-refractivity contribution >= 4 is 21.4 Å². The lowest BCUT2D eigenvalue weighted by molar-refractivity contribution is 0.417. The SMILES string of the molecule is COc1ccc(-c2cn3ccccc3n2)cc1NS(=O)(=O)c1ccc(C#N)cc1. The number of benzene rings is 2. The molecule has 7 nitrogen and oxygen atoms in total. The van der Waals surface area contributed by atoms with Crippen LogP contribution in [0.25, 0.3) is 16.9 Å². The average Bonchev–Trinajstić information content (AvgIpc) is 3.18. The summed E-state index contributed by atoms with van der Waals surface area (Å²) in [5.74, 6) is 0.384. The van der Waals surface area contributed by atoms with E-state index in [1.54, 1.807) is 12.1 Å². The molecule has 0 spiro atoms. The van der Waals surface area contributed by atoms with Gasteiger partial charge < -0.3 is 9.14 Å². The lowest BCUT2D eigenvalue weighted by Gasteiger charge is -2.13. The quantitative estimate of drug-likeness (QED) is 0.547. The van der Waals surface area contributed by atoms with Gasteiger partial charge in [-0.05, 0) is 54.6 Å². The molecule has 0 saturated carbocycles. The highest BCUT2D eigenvalue weighted by Crippen LogP contribution is 2.32. The van der Waals surface area contributed by atoms with Gasteiger partial charge in [0.25, 0.3) is 10.0 Å². The fraction of sp³-hybridized carbons (Fsp3) is 0.0476. The monoisotopic (exact) mass is 404 g/mol. The third-order valence-electron chi connectivity index (χ3n) is 4.40. The van der Waals surface area contributed by atoms with Gasteiger partial charge in [-0.15, -0.1) is 0 Å². The Morgan fingerprint density at radius 1 is 1.10 bits per heavy atom. The summed E-state index contributed by atoms with van der Waals surface area (Å²) in [6.07, 6.45) is 3.76. The summed E-state index contributed by atoms with van der Waals surface area (Å²) in [6.45, 7) is 0. The van der Waals surface area contributed by atoms with E-state index in [1.807, 2.05) is 47.1 Å². The number of imidazole rings is 1. The number of nitriles is 1. The van der Waals surface area contributed by atoms with Crippen molar-refractivity contribution in [2.24, 2.45) is 0 Å². The van der Waals surface area contributed by atoms with Crippen LogP contribution in [-0.2, 0) is 10.0 Å². The smallest absolute Gasteiger partial charge is 0.262 e. The molecule has 2 heterocycles. The van der Waals surface area contributed by atoms with Gasteiger partial charge in [-0.2, -0.15) is 5.26 Å². The number of sulfonamides is 1. The molecule has 0 bridgehead atoms. The Balaban J connectivity index is 1.72. The highest BCUT2D eigenvalue weighted by molar-refractivity contribution is 7.92. The molecule has 8 heteroatoms. The van der Waals surface area contributed by atoms with Crippen LogP contribution in [0.4, 0.5) is 5.69 Å². The number of hydrogen-bond acceptors (Lipinski definition) is 5. The van der Waals surface area contributed by atoms with Crippen molar-refractivity contribution in [3.63, 3.8) is 0 Å². The molecule has 4 aromatic rings. The predicted octanol–water partition coefficient (Wildman–Crippen LogP) is 3.68. The van der Waals surface area contributed by atoms with Crippen molar-refractivity contribution in [2.75, 3.05) is 11.8 Å². The number of ether oxygens (including phenoxy) is 1. The summed E-state index contributed by atoms with van der Waals surface area (Å²) in [4.78, 5) is 4.62. The van der Waals surface area contributed by atoms with Gasteiger partial charge in [-0.25, -0.2) is 13.4 Å². The first-order valence-corrected chi connectivity index (χ1v) is 10.1. The number of pyridine rings is 1. The van der Waals surface area contributed by atoms with Gasteiger partial charge >= 0.3 is 0 Å². The molecular weight excluding hydrogens is 388 g/mol. The van der Waals surface area contributed by atoms with Gasteiger partial charge in [0.1, 0.15) is 11.4 Å². The molecular formula is C21H16N4O3S. The fourth-order valence-corrected chi connectivity index (χ4v) is 3.99. The normalized spacial score (nSPS) is 11.2. The number of nitrogens with zero attached hydrogens (tertiary/aromatic N) is 3. The minimum atomic E-state index is -3.86. The Hall–Kier alpha value is -3.83. The zero-order valence-electron chi connectivity index (χ0n) is 15.4. The summed E-state index contributed by atoms with van der Waals surface area (Å²) in [5, 5.41) is 8.89. The highest BCUT2D eigenvalue weighted by atomic mass is 32.2. The second-order valence-corrected chi connectivity index (χ2v) is 7.93. The van der Waals surface area contributed by atoms with Gasteiger partial charge in [-0.1, -0.05) is 6.07 Å². The van der Waals surface area contributed by atoms with E-state index in [2.05, 4.69) is 9.71 Å². The molecule has 0 aliphatic heterocycles. The van der Waals surface area contributed by atoms with E-state index in [9.17, 15) is 8.42 Å². The van der Waals surface area contributed by atoms with Crippen LogP contribution in [0.5, 0.6) is 5.75 Å². The lowest BCUT2D eigenvalue weighted by Crippen LogP contribution is -2.13. The van der Waals surface area contributed by atoms with Crippen LogP contribution in [0.15, 0.2) is 78.0 Å². The molecule has 0 fully saturated rings. The zero-order valence-corrected chi connectivity index (χ0v) is 16.2. The van der Waals surface area contributed by atoms with Crippen LogP contribution in [0, 0.1) is 11.3 Å². The molecule has 144 valence electrons. The molecule has 0 aliphatic carbocycles. The van der Waals surface area contributed by atoms with Crippen molar-refractivity contribution in [1.29, 1.82) is 5.26 Å². The second-order valence-electron chi connectivity index (χ2n) is 6.25. The van der Waals surface area contributed by atoms with Crippen molar-refractivity contribution < 1.29 is 13.2 Å². The molecule has 0 aliphatic rings. The average molecular weight is 404 g/mol. The summed E-state index contributed by atoms with van der Waals surface area (Å²) < 4.78 is 35.3. The van der Waals surface area contributed by atoms with E-state index in [0.717, 1.165) is 11.2 Å². The minimum absolute atomic E-state index is 0.0525. The summed E-state index contributed by atoms with van der Waals surface area (Å²) in [7, 11) is -2.39. The number of nitrogens with one attached hydrogen (secondary N) is 1. The van der Waals surface area contributed by atoms with Gasteiger partial charge in [-0.3, -0.25) is 4.72 Å². The number of anilines is 1. The summed E-state index contributed by atoms with van der Waals surface area (Å²) in [5.41, 5.74) is 2.92. The third-order valence-corrected chi connectivity index (χ3v) is 5.78. The first-order valence-electron chi connectivity index (χ1n) is 8.65. The number of hydrogen-bond donors (Lipinski definition) is 1. The predicted molar refractivity (Wildman–Crippen MR) is 109 cm³/mol. The molecule has 0 saturated heterocycles. The first kappa shape index (κ1) is 18.5. The standard InChI is InChI=1S/C21H16N4O3S/c1-28-20-10-7-16(19-14-25-11-3-2-4-21(25)23-19)12-18(20)24-29(26,27)17-8-5-15(13-22)6-9-17/h2-12,14,24H,1H3. The van der Waals surface area contributed by atoms with Crippen LogP contribution in [0.1, 0.15) is 5.56 Å². The second kappa shape index (κ2) is 7.30. The molecule has 2 aromatic carbocycles. The third kappa shape index (κ3) is 3.63. The maximum Gasteiger partial charge on any atom is 0.262 e. The molecule has 0 unspecified atom stereocenters. The van der Waals surface area contributed by atoms with Crippen LogP contribution < -0.4 is 9.46 Å². The number of methoxy groups -OCH3 is 1. The summed E-state index contributed by atoms with van der Waals surface area (Å²) in [6, 6.07) is 18.5. The van der Waals surface area contributed by atoms with Crippen molar-refractivity contribution in [1.82, 2.24) is 9.38 Å². The largest absolute Gasteiger partial charge is 0.495 e. The summed E-state index contributed by atoms with van der Waals surface area (Å²) >= 11 is 0. The van der Waals surface area contributed by atoms with Crippen LogP contribution in [0.3, 0.4) is 0 Å². The van der Waals surface area contributed by atoms with E-state index in [4.69, 9.17) is 10.00 Å². The van der Waals surface area contributed by atoms with Crippen molar-refractivity contribution in [3.05, 3.63) is 78.6 Å². The molecule has 0 radical (unpaired) electrons. The van der Waals surface area contributed by atoms with E-state index in [1.165, 1.54) is 31.4 Å². The Bertz CT molecular complexity index is 1300. The molecule has 0 atom stereocenters. The lowest BCUT2D eigenvalue weighted by atomic mass is 10.1. The topological polar surface area (TPSA) is 96.5 Å². The Kier molecular flexibility index (Phi) is 4.66. The maximum atomic E-state index is 12.8. The van der Waals surface area contributed by atoms with Gasteiger partial charge in [0, 0.05) is 18.0 Å². The van der Waals surface area contributed by atoms with Gasteiger partial charge in [0.15, 0.2) is 0 Å². The number of aromatic nitrogens is 2. The molecule has 29 heavy (non-hydrogen) atoms. The minimum Gasteiger partial charge on any atom is -0.495 e. The van der Waals surface area contributed by atoms with E-state index in [-0.39, 0.29) is 4.90 Å². The highest BCUT2D eigenvalue weighted by Gasteiger charge is 2.18. The molecule has 0 amide bonds. The van der Waals surface area contributed by atoms with Gasteiger partial charge in [0.2, 0.25) is 0 Å². The zero-order chi connectivity index (χ0) is 20.4. The van der Waals surface area contributed by atoms with Crippen molar-refractivity contribution in [2.45, 2.75) is 4.90 Å². The van der Waals surface area contributed by atoms with Gasteiger partial charge in [0.05, 0.1) is 35.0 Å². The maximum absolute atomic E-state index is 12.8. The number of rotatable bonds is 5. The molecule has 1 N–H and O–H groups in total. The number of fused-ring (bicyclic) bond motifs is 1. The first-order chi connectivity index (χ1) is 14.0. The van der Waals surface area contributed by atoms with E-state index < -0.39 is 10.0 Å². The Morgan fingerprint density at radius 2 is 1.90 bits per heavy atom. The van der Waals surface area contributed by atoms with Crippen molar-refractivity contribution in [3.8, 4) is 23.1 Å².